The Morgan fingerprint density at radius 1 is 1.00 bits per heavy atom. The van der Waals surface area contributed by atoms with E-state index in [0.29, 0.717) is 23.6 Å². The first-order valence-corrected chi connectivity index (χ1v) is 13.0. The van der Waals surface area contributed by atoms with Gasteiger partial charge in [0.25, 0.3) is 5.91 Å². The van der Waals surface area contributed by atoms with Crippen molar-refractivity contribution in [3.8, 4) is 28.8 Å². The van der Waals surface area contributed by atoms with E-state index in [0.717, 1.165) is 29.0 Å². The summed E-state index contributed by atoms with van der Waals surface area (Å²) >= 11 is 0. The predicted molar refractivity (Wildman–Crippen MR) is 152 cm³/mol. The number of rotatable bonds is 11. The van der Waals surface area contributed by atoms with Gasteiger partial charge in [0.15, 0.2) is 0 Å². The Morgan fingerprint density at radius 2 is 1.74 bits per heavy atom. The van der Waals surface area contributed by atoms with Gasteiger partial charge < -0.3 is 10.1 Å². The number of nitrogens with one attached hydrogen (secondary N) is 1. The highest BCUT2D eigenvalue weighted by Gasteiger charge is 2.16. The van der Waals surface area contributed by atoms with Crippen molar-refractivity contribution in [3.05, 3.63) is 102 Å². The van der Waals surface area contributed by atoms with Crippen LogP contribution in [-0.2, 0) is 4.79 Å². The molecule has 6 heteroatoms. The van der Waals surface area contributed by atoms with E-state index in [4.69, 9.17) is 9.84 Å². The summed E-state index contributed by atoms with van der Waals surface area (Å²) in [5, 5.41) is 17.4. The van der Waals surface area contributed by atoms with E-state index < -0.39 is 5.91 Å². The van der Waals surface area contributed by atoms with E-state index in [9.17, 15) is 10.1 Å². The third-order valence-corrected chi connectivity index (χ3v) is 6.13. The van der Waals surface area contributed by atoms with Crippen LogP contribution < -0.4 is 10.1 Å². The molecule has 0 atom stereocenters. The molecule has 0 fully saturated rings. The average molecular weight is 505 g/mol. The van der Waals surface area contributed by atoms with Crippen LogP contribution in [-0.4, -0.2) is 22.3 Å². The second-order valence-corrected chi connectivity index (χ2v) is 9.14. The molecule has 0 saturated heterocycles. The summed E-state index contributed by atoms with van der Waals surface area (Å²) in [7, 11) is 0. The number of unbranched alkanes of at least 4 members (excludes halogenated alkanes) is 3. The van der Waals surface area contributed by atoms with E-state index in [-0.39, 0.29) is 5.57 Å². The number of anilines is 1. The fourth-order valence-corrected chi connectivity index (χ4v) is 4.00. The zero-order valence-electron chi connectivity index (χ0n) is 21.9. The Balaban J connectivity index is 1.61. The minimum atomic E-state index is -0.471. The number of ether oxygens (including phenoxy) is 1. The van der Waals surface area contributed by atoms with Crippen molar-refractivity contribution in [2.24, 2.45) is 0 Å². The summed E-state index contributed by atoms with van der Waals surface area (Å²) in [4.78, 5) is 12.9. The molecule has 1 amide bonds. The van der Waals surface area contributed by atoms with E-state index in [1.54, 1.807) is 10.8 Å². The Bertz CT molecular complexity index is 1410. The van der Waals surface area contributed by atoms with Gasteiger partial charge in [-0.3, -0.25) is 4.79 Å². The summed E-state index contributed by atoms with van der Waals surface area (Å²) in [5.41, 5.74) is 4.78. The highest BCUT2D eigenvalue weighted by atomic mass is 16.5. The van der Waals surface area contributed by atoms with Crippen molar-refractivity contribution in [1.29, 1.82) is 5.26 Å². The van der Waals surface area contributed by atoms with Gasteiger partial charge >= 0.3 is 0 Å². The molecule has 6 nitrogen and oxygen atoms in total. The van der Waals surface area contributed by atoms with Crippen molar-refractivity contribution in [3.63, 3.8) is 0 Å². The highest BCUT2D eigenvalue weighted by molar-refractivity contribution is 6.10. The van der Waals surface area contributed by atoms with Crippen LogP contribution in [0, 0.1) is 18.3 Å². The highest BCUT2D eigenvalue weighted by Crippen LogP contribution is 2.28. The molecular formula is C32H32N4O2. The van der Waals surface area contributed by atoms with Crippen molar-refractivity contribution in [2.45, 2.75) is 39.5 Å². The molecule has 1 heterocycles. The van der Waals surface area contributed by atoms with Gasteiger partial charge in [0.05, 0.1) is 18.0 Å². The minimum absolute atomic E-state index is 0.00790. The quantitative estimate of drug-likeness (QED) is 0.132. The summed E-state index contributed by atoms with van der Waals surface area (Å²) in [6, 6.07) is 27.0. The molecule has 0 bridgehead atoms. The van der Waals surface area contributed by atoms with Gasteiger partial charge in [0.2, 0.25) is 0 Å². The number of benzene rings is 3. The van der Waals surface area contributed by atoms with Crippen molar-refractivity contribution in [1.82, 2.24) is 9.78 Å². The van der Waals surface area contributed by atoms with Crippen LogP contribution in [0.2, 0.25) is 0 Å². The van der Waals surface area contributed by atoms with E-state index >= 15 is 0 Å². The molecule has 0 radical (unpaired) electrons. The summed E-state index contributed by atoms with van der Waals surface area (Å²) in [6.45, 7) is 4.86. The van der Waals surface area contributed by atoms with Crippen molar-refractivity contribution in [2.75, 3.05) is 11.9 Å². The van der Waals surface area contributed by atoms with Crippen LogP contribution in [0.15, 0.2) is 90.6 Å². The fraction of sp³-hybridized carbons (Fsp3) is 0.219. The number of amides is 1. The molecular weight excluding hydrogens is 472 g/mol. The van der Waals surface area contributed by atoms with Crippen molar-refractivity contribution >= 4 is 17.7 Å². The maximum absolute atomic E-state index is 12.9. The Morgan fingerprint density at radius 3 is 2.42 bits per heavy atom. The minimum Gasteiger partial charge on any atom is -0.494 e. The lowest BCUT2D eigenvalue weighted by Crippen LogP contribution is -2.13. The lowest BCUT2D eigenvalue weighted by molar-refractivity contribution is -0.112. The Kier molecular flexibility index (Phi) is 9.09. The average Bonchev–Trinajstić information content (AvgIpc) is 3.37. The Labute approximate surface area is 224 Å². The van der Waals surface area contributed by atoms with Gasteiger partial charge in [0, 0.05) is 23.0 Å². The van der Waals surface area contributed by atoms with Gasteiger partial charge in [-0.15, -0.1) is 0 Å². The van der Waals surface area contributed by atoms with Crippen LogP contribution in [0.3, 0.4) is 0 Å². The molecule has 192 valence electrons. The van der Waals surface area contributed by atoms with Crippen LogP contribution in [0.25, 0.3) is 23.0 Å². The van der Waals surface area contributed by atoms with E-state index in [2.05, 4.69) is 12.2 Å². The molecule has 1 N–H and O–H groups in total. The fourth-order valence-electron chi connectivity index (χ4n) is 4.00. The number of para-hydroxylation sites is 1. The van der Waals surface area contributed by atoms with Crippen LogP contribution in [0.1, 0.15) is 43.7 Å². The van der Waals surface area contributed by atoms with Crippen LogP contribution in [0.5, 0.6) is 5.75 Å². The lowest BCUT2D eigenvalue weighted by Gasteiger charge is -2.07. The summed E-state index contributed by atoms with van der Waals surface area (Å²) in [6.07, 6.45) is 8.04. The monoisotopic (exact) mass is 504 g/mol. The smallest absolute Gasteiger partial charge is 0.266 e. The van der Waals surface area contributed by atoms with Gasteiger partial charge in [-0.25, -0.2) is 4.68 Å². The summed E-state index contributed by atoms with van der Waals surface area (Å²) < 4.78 is 7.65. The largest absolute Gasteiger partial charge is 0.494 e. The number of hydrogen-bond acceptors (Lipinski definition) is 4. The lowest BCUT2D eigenvalue weighted by atomic mass is 10.1. The second kappa shape index (κ2) is 13.1. The van der Waals surface area contributed by atoms with Crippen molar-refractivity contribution < 1.29 is 9.53 Å². The number of carbonyl (C=O) groups excluding carboxylic acids is 1. The number of aryl methyl sites for hydroxylation is 1. The first-order chi connectivity index (χ1) is 18.6. The first kappa shape index (κ1) is 26.4. The molecule has 0 aliphatic rings. The predicted octanol–water partition coefficient (Wildman–Crippen LogP) is 7.35. The van der Waals surface area contributed by atoms with E-state index in [1.807, 2.05) is 98.1 Å². The van der Waals surface area contributed by atoms with Gasteiger partial charge in [-0.05, 0) is 68.0 Å². The zero-order chi connectivity index (χ0) is 26.7. The molecule has 4 aromatic rings. The number of nitriles is 1. The third-order valence-electron chi connectivity index (χ3n) is 6.13. The summed E-state index contributed by atoms with van der Waals surface area (Å²) in [5.74, 6) is 0.335. The SMILES string of the molecule is CCCCCCOc1ccc(-c2nn(-c3ccccc3)cc2/C=C(\C#N)C(=O)Nc2ccc(C)cc2)cc1. The van der Waals surface area contributed by atoms with Gasteiger partial charge in [-0.2, -0.15) is 10.4 Å². The maximum atomic E-state index is 12.9. The molecule has 0 aliphatic heterocycles. The number of aromatic nitrogens is 2. The topological polar surface area (TPSA) is 79.9 Å². The molecule has 0 unspecified atom stereocenters. The van der Waals surface area contributed by atoms with Crippen LogP contribution >= 0.6 is 0 Å². The molecule has 0 spiro atoms. The first-order valence-electron chi connectivity index (χ1n) is 13.0. The van der Waals surface area contributed by atoms with Gasteiger partial charge in [0.1, 0.15) is 17.4 Å². The molecule has 38 heavy (non-hydrogen) atoms. The molecule has 0 saturated carbocycles. The molecule has 4 rings (SSSR count). The number of nitrogens with zero attached hydrogens (tertiary/aromatic N) is 3. The number of hydrogen-bond donors (Lipinski definition) is 1. The third kappa shape index (κ3) is 6.98. The number of carbonyl (C=O) groups is 1. The van der Waals surface area contributed by atoms with E-state index in [1.165, 1.54) is 19.3 Å². The molecule has 1 aromatic heterocycles. The van der Waals surface area contributed by atoms with Gasteiger partial charge in [-0.1, -0.05) is 62.1 Å². The second-order valence-electron chi connectivity index (χ2n) is 9.14. The Hall–Kier alpha value is -4.63. The molecule has 3 aromatic carbocycles. The normalized spacial score (nSPS) is 11.1. The van der Waals surface area contributed by atoms with Crippen LogP contribution in [0.4, 0.5) is 5.69 Å². The maximum Gasteiger partial charge on any atom is 0.266 e. The zero-order valence-corrected chi connectivity index (χ0v) is 21.9. The molecule has 0 aliphatic carbocycles. The standard InChI is InChI=1S/C32H32N4O2/c1-3-4-5-9-20-38-30-18-14-25(15-19-30)31-27(23-36(35-31)29-10-7-6-8-11-29)21-26(22-33)32(37)34-28-16-12-24(2)13-17-28/h6-8,10-19,21,23H,3-5,9,20H2,1-2H3,(H,34,37)/b26-21+.